The molecule has 0 fully saturated rings. The number of hydrogen-bond acceptors (Lipinski definition) is 7. The van der Waals surface area contributed by atoms with Crippen LogP contribution in [0.15, 0.2) is 22.9 Å². The van der Waals surface area contributed by atoms with Crippen LogP contribution in [0.3, 0.4) is 0 Å². The van der Waals surface area contributed by atoms with E-state index in [4.69, 9.17) is 10.3 Å². The van der Waals surface area contributed by atoms with Crippen molar-refractivity contribution >= 4 is 9.84 Å². The summed E-state index contributed by atoms with van der Waals surface area (Å²) in [5.41, 5.74) is 6.82. The van der Waals surface area contributed by atoms with Crippen LogP contribution in [0.4, 0.5) is 0 Å². The minimum atomic E-state index is -3.18. The molecule has 2 aromatic heterocycles. The molecule has 7 nitrogen and oxygen atoms in total. The molecule has 0 aliphatic carbocycles. The summed E-state index contributed by atoms with van der Waals surface area (Å²) >= 11 is 0. The van der Waals surface area contributed by atoms with Gasteiger partial charge in [0.2, 0.25) is 0 Å². The van der Waals surface area contributed by atoms with Gasteiger partial charge in [0, 0.05) is 19.0 Å². The van der Waals surface area contributed by atoms with Gasteiger partial charge in [-0.25, -0.2) is 8.42 Å². The first-order chi connectivity index (χ1) is 8.48. The smallest absolute Gasteiger partial charge is 0.276 e. The average molecular weight is 268 g/mol. The first kappa shape index (κ1) is 12.7. The first-order valence-electron chi connectivity index (χ1n) is 5.13. The minimum absolute atomic E-state index is 0.122. The fourth-order valence-electron chi connectivity index (χ4n) is 1.32. The SMILES string of the molecule is CS(=O)(=O)Cc1noc(-c2ccc(CN)cn2)n1. The van der Waals surface area contributed by atoms with E-state index < -0.39 is 9.84 Å². The van der Waals surface area contributed by atoms with Crippen molar-refractivity contribution in [3.05, 3.63) is 29.7 Å². The van der Waals surface area contributed by atoms with Gasteiger partial charge in [-0.3, -0.25) is 4.98 Å². The highest BCUT2D eigenvalue weighted by Gasteiger charge is 2.14. The Labute approximate surface area is 104 Å². The van der Waals surface area contributed by atoms with Crippen molar-refractivity contribution in [3.8, 4) is 11.6 Å². The van der Waals surface area contributed by atoms with Gasteiger partial charge in [0.15, 0.2) is 15.7 Å². The summed E-state index contributed by atoms with van der Waals surface area (Å²) in [5, 5.41) is 3.59. The Balaban J connectivity index is 2.23. The van der Waals surface area contributed by atoms with Crippen LogP contribution in [-0.4, -0.2) is 29.8 Å². The van der Waals surface area contributed by atoms with E-state index in [0.717, 1.165) is 11.8 Å². The molecule has 0 atom stereocenters. The fourth-order valence-corrected chi connectivity index (χ4v) is 1.91. The molecule has 0 amide bonds. The molecule has 0 aliphatic rings. The van der Waals surface area contributed by atoms with E-state index >= 15 is 0 Å². The van der Waals surface area contributed by atoms with Gasteiger partial charge in [0.05, 0.1) is 0 Å². The molecule has 0 unspecified atom stereocenters. The normalized spacial score (nSPS) is 11.7. The van der Waals surface area contributed by atoms with Crippen molar-refractivity contribution in [3.63, 3.8) is 0 Å². The molecule has 0 aromatic carbocycles. The number of aromatic nitrogens is 3. The van der Waals surface area contributed by atoms with Crippen LogP contribution < -0.4 is 5.73 Å². The number of pyridine rings is 1. The Morgan fingerprint density at radius 3 is 2.72 bits per heavy atom. The molecular weight excluding hydrogens is 256 g/mol. The van der Waals surface area contributed by atoms with Gasteiger partial charge >= 0.3 is 0 Å². The number of sulfone groups is 1. The molecule has 0 radical (unpaired) electrons. The Kier molecular flexibility index (Phi) is 3.39. The summed E-state index contributed by atoms with van der Waals surface area (Å²) in [6.45, 7) is 0.399. The summed E-state index contributed by atoms with van der Waals surface area (Å²) in [6, 6.07) is 3.49. The summed E-state index contributed by atoms with van der Waals surface area (Å²) in [4.78, 5) is 8.07. The van der Waals surface area contributed by atoms with Crippen molar-refractivity contribution in [2.24, 2.45) is 5.73 Å². The second kappa shape index (κ2) is 4.83. The van der Waals surface area contributed by atoms with E-state index in [1.165, 1.54) is 0 Å². The zero-order valence-electron chi connectivity index (χ0n) is 9.70. The minimum Gasteiger partial charge on any atom is -0.332 e. The Morgan fingerprint density at radius 2 is 2.17 bits per heavy atom. The summed E-state index contributed by atoms with van der Waals surface area (Å²) < 4.78 is 27.1. The van der Waals surface area contributed by atoms with E-state index in [-0.39, 0.29) is 17.5 Å². The average Bonchev–Trinajstić information content (AvgIpc) is 2.75. The maximum absolute atomic E-state index is 11.1. The number of rotatable bonds is 4. The van der Waals surface area contributed by atoms with Crippen LogP contribution in [0.1, 0.15) is 11.4 Å². The first-order valence-corrected chi connectivity index (χ1v) is 7.19. The maximum atomic E-state index is 11.1. The topological polar surface area (TPSA) is 112 Å². The summed E-state index contributed by atoms with van der Waals surface area (Å²) in [6.07, 6.45) is 2.72. The molecule has 0 saturated heterocycles. The van der Waals surface area contributed by atoms with Crippen LogP contribution in [0.25, 0.3) is 11.6 Å². The lowest BCUT2D eigenvalue weighted by atomic mass is 10.2. The van der Waals surface area contributed by atoms with Crippen molar-refractivity contribution in [2.75, 3.05) is 6.26 Å². The number of nitrogens with zero attached hydrogens (tertiary/aromatic N) is 3. The molecule has 2 aromatic rings. The number of hydrogen-bond donors (Lipinski definition) is 1. The lowest BCUT2D eigenvalue weighted by Gasteiger charge is -1.96. The van der Waals surface area contributed by atoms with Gasteiger partial charge in [-0.15, -0.1) is 0 Å². The second-order valence-electron chi connectivity index (χ2n) is 3.84. The predicted molar refractivity (Wildman–Crippen MR) is 64.0 cm³/mol. The molecule has 0 spiro atoms. The van der Waals surface area contributed by atoms with Gasteiger partial charge in [-0.05, 0) is 11.6 Å². The fraction of sp³-hybridized carbons (Fsp3) is 0.300. The molecule has 8 heteroatoms. The van der Waals surface area contributed by atoms with E-state index in [2.05, 4.69) is 15.1 Å². The zero-order valence-corrected chi connectivity index (χ0v) is 10.5. The lowest BCUT2D eigenvalue weighted by molar-refractivity contribution is 0.423. The van der Waals surface area contributed by atoms with E-state index in [1.807, 2.05) is 0 Å². The predicted octanol–water partition coefficient (Wildman–Crippen LogP) is 0.135. The van der Waals surface area contributed by atoms with Crippen LogP contribution in [0.5, 0.6) is 0 Å². The van der Waals surface area contributed by atoms with Crippen molar-refractivity contribution in [1.82, 2.24) is 15.1 Å². The highest BCUT2D eigenvalue weighted by molar-refractivity contribution is 7.89. The van der Waals surface area contributed by atoms with Crippen LogP contribution in [0.2, 0.25) is 0 Å². The van der Waals surface area contributed by atoms with Crippen molar-refractivity contribution in [2.45, 2.75) is 12.3 Å². The van der Waals surface area contributed by atoms with Crippen molar-refractivity contribution < 1.29 is 12.9 Å². The van der Waals surface area contributed by atoms with Gasteiger partial charge in [-0.2, -0.15) is 4.98 Å². The molecule has 96 valence electrons. The maximum Gasteiger partial charge on any atom is 0.276 e. The van der Waals surface area contributed by atoms with Crippen LogP contribution in [0, 0.1) is 0 Å². The third-order valence-electron chi connectivity index (χ3n) is 2.14. The second-order valence-corrected chi connectivity index (χ2v) is 5.98. The molecule has 18 heavy (non-hydrogen) atoms. The summed E-state index contributed by atoms with van der Waals surface area (Å²) in [5.74, 6) is 0.0617. The largest absolute Gasteiger partial charge is 0.332 e. The molecule has 0 saturated carbocycles. The monoisotopic (exact) mass is 268 g/mol. The van der Waals surface area contributed by atoms with E-state index in [1.54, 1.807) is 18.3 Å². The molecule has 2 heterocycles. The molecule has 0 bridgehead atoms. The van der Waals surface area contributed by atoms with Gasteiger partial charge in [0.1, 0.15) is 11.4 Å². The highest BCUT2D eigenvalue weighted by atomic mass is 32.2. The highest BCUT2D eigenvalue weighted by Crippen LogP contribution is 2.15. The number of nitrogens with two attached hydrogens (primary N) is 1. The Morgan fingerprint density at radius 1 is 1.39 bits per heavy atom. The standard InChI is InChI=1S/C10H12N4O3S/c1-18(15,16)6-9-13-10(17-14-9)8-3-2-7(4-11)5-12-8/h2-3,5H,4,6,11H2,1H3. The molecule has 2 N–H and O–H groups in total. The van der Waals surface area contributed by atoms with Gasteiger partial charge in [0.25, 0.3) is 5.89 Å². The Hall–Kier alpha value is -1.80. The van der Waals surface area contributed by atoms with Crippen molar-refractivity contribution in [1.29, 1.82) is 0 Å². The van der Waals surface area contributed by atoms with Gasteiger partial charge in [-0.1, -0.05) is 11.2 Å². The van der Waals surface area contributed by atoms with Gasteiger partial charge < -0.3 is 10.3 Å². The lowest BCUT2D eigenvalue weighted by Crippen LogP contribution is -2.02. The van der Waals surface area contributed by atoms with E-state index in [9.17, 15) is 8.42 Å². The molecule has 2 rings (SSSR count). The Bertz CT molecular complexity index is 633. The van der Waals surface area contributed by atoms with Crippen LogP contribution >= 0.6 is 0 Å². The van der Waals surface area contributed by atoms with Crippen LogP contribution in [-0.2, 0) is 22.1 Å². The third kappa shape index (κ3) is 3.11. The zero-order chi connectivity index (χ0) is 13.2. The molecular formula is C10H12N4O3S. The van der Waals surface area contributed by atoms with E-state index in [0.29, 0.717) is 12.2 Å². The quantitative estimate of drug-likeness (QED) is 0.838. The molecule has 0 aliphatic heterocycles. The summed E-state index contributed by atoms with van der Waals surface area (Å²) in [7, 11) is -3.18. The third-order valence-corrected chi connectivity index (χ3v) is 2.92.